The molecule has 3 N–H and O–H groups in total. The summed E-state index contributed by atoms with van der Waals surface area (Å²) < 4.78 is 5.30. The summed E-state index contributed by atoms with van der Waals surface area (Å²) in [6, 6.07) is 18.6. The van der Waals surface area contributed by atoms with Crippen LogP contribution in [0.4, 0.5) is 5.69 Å². The minimum atomic E-state index is -0.992. The number of methoxy groups -OCH3 is 1. The third-order valence-electron chi connectivity index (χ3n) is 6.16. The van der Waals surface area contributed by atoms with E-state index in [-0.39, 0.29) is 5.91 Å². The number of carbonyl (C=O) groups excluding carboxylic acids is 1. The molecule has 2 aromatic heterocycles. The van der Waals surface area contributed by atoms with E-state index in [4.69, 9.17) is 15.5 Å². The second-order valence-corrected chi connectivity index (χ2v) is 9.17. The number of carboxylic acid groups (broad SMARTS) is 1. The van der Waals surface area contributed by atoms with Crippen molar-refractivity contribution in [2.75, 3.05) is 19.4 Å². The van der Waals surface area contributed by atoms with Gasteiger partial charge in [0, 0.05) is 17.5 Å². The Balaban J connectivity index is 1.69. The van der Waals surface area contributed by atoms with Crippen LogP contribution in [0.3, 0.4) is 0 Å². The number of aliphatic carboxylic acids is 1. The maximum Gasteiger partial charge on any atom is 0.326 e. The number of rotatable bonds is 5. The second-order valence-electron chi connectivity index (χ2n) is 8.17. The van der Waals surface area contributed by atoms with Gasteiger partial charge in [0.25, 0.3) is 5.91 Å². The van der Waals surface area contributed by atoms with Gasteiger partial charge in [-0.1, -0.05) is 42.5 Å². The van der Waals surface area contributed by atoms with E-state index < -0.39 is 12.0 Å². The number of fused-ring (bicyclic) bond motifs is 1. The number of nitrogens with zero attached hydrogens (tertiary/aromatic N) is 2. The van der Waals surface area contributed by atoms with Crippen LogP contribution in [0.5, 0.6) is 5.75 Å². The van der Waals surface area contributed by atoms with Crippen LogP contribution in [0.1, 0.15) is 22.5 Å². The fraction of sp³-hybridized carbons (Fsp3) is 0.192. The lowest BCUT2D eigenvalue weighted by molar-refractivity contribution is -0.141. The zero-order valence-corrected chi connectivity index (χ0v) is 19.3. The van der Waals surface area contributed by atoms with Crippen molar-refractivity contribution >= 4 is 39.1 Å². The molecule has 172 valence electrons. The Morgan fingerprint density at radius 2 is 1.85 bits per heavy atom. The number of amides is 1. The number of thiophene rings is 1. The molecule has 0 saturated carbocycles. The lowest BCUT2D eigenvalue weighted by Gasteiger charge is -2.20. The third kappa shape index (κ3) is 3.76. The Labute approximate surface area is 200 Å². The Kier molecular flexibility index (Phi) is 5.67. The van der Waals surface area contributed by atoms with E-state index in [2.05, 4.69) is 0 Å². The Bertz CT molecular complexity index is 1380. The molecule has 3 heterocycles. The molecule has 0 bridgehead atoms. The van der Waals surface area contributed by atoms with E-state index in [1.807, 2.05) is 60.7 Å². The number of hydrogen-bond donors (Lipinski definition) is 2. The number of hydrogen-bond acceptors (Lipinski definition) is 6. The molecular weight excluding hydrogens is 450 g/mol. The van der Waals surface area contributed by atoms with Gasteiger partial charge in [0.1, 0.15) is 21.5 Å². The Morgan fingerprint density at radius 1 is 1.12 bits per heavy atom. The summed E-state index contributed by atoms with van der Waals surface area (Å²) in [5.41, 5.74) is 10.4. The van der Waals surface area contributed by atoms with Crippen molar-refractivity contribution < 1.29 is 19.4 Å². The summed E-state index contributed by atoms with van der Waals surface area (Å²) in [7, 11) is 1.62. The average Bonchev–Trinajstić information content (AvgIpc) is 3.49. The Morgan fingerprint density at radius 3 is 2.53 bits per heavy atom. The number of benzene rings is 2. The molecule has 0 spiro atoms. The molecule has 7 nitrogen and oxygen atoms in total. The summed E-state index contributed by atoms with van der Waals surface area (Å²) in [5, 5.41) is 10.2. The molecule has 2 aromatic carbocycles. The molecule has 8 heteroatoms. The largest absolute Gasteiger partial charge is 0.497 e. The van der Waals surface area contributed by atoms with Crippen LogP contribution < -0.4 is 10.5 Å². The van der Waals surface area contributed by atoms with Crippen LogP contribution in [0.15, 0.2) is 60.7 Å². The van der Waals surface area contributed by atoms with Crippen molar-refractivity contribution in [1.29, 1.82) is 0 Å². The average molecular weight is 474 g/mol. The number of likely N-dealkylation sites (tertiary alicyclic amines) is 1. The van der Waals surface area contributed by atoms with E-state index >= 15 is 0 Å². The number of nitrogens with two attached hydrogens (primary N) is 1. The molecule has 4 aromatic rings. The highest BCUT2D eigenvalue weighted by Gasteiger charge is 2.36. The van der Waals surface area contributed by atoms with Gasteiger partial charge in [0.15, 0.2) is 0 Å². The third-order valence-corrected chi connectivity index (χ3v) is 7.25. The van der Waals surface area contributed by atoms with Gasteiger partial charge in [0.05, 0.1) is 18.5 Å². The highest BCUT2D eigenvalue weighted by molar-refractivity contribution is 7.21. The van der Waals surface area contributed by atoms with Crippen molar-refractivity contribution in [3.8, 4) is 28.1 Å². The first-order valence-electron chi connectivity index (χ1n) is 10.9. The second kappa shape index (κ2) is 8.79. The van der Waals surface area contributed by atoms with Crippen molar-refractivity contribution in [3.05, 3.63) is 65.5 Å². The van der Waals surface area contributed by atoms with Gasteiger partial charge >= 0.3 is 5.97 Å². The van der Waals surface area contributed by atoms with E-state index in [0.29, 0.717) is 40.2 Å². The lowest BCUT2D eigenvalue weighted by Crippen LogP contribution is -2.40. The van der Waals surface area contributed by atoms with Crippen LogP contribution in [-0.4, -0.2) is 46.6 Å². The number of anilines is 1. The summed E-state index contributed by atoms with van der Waals surface area (Å²) >= 11 is 1.21. The summed E-state index contributed by atoms with van der Waals surface area (Å²) in [6.45, 7) is 0.400. The SMILES string of the molecule is COc1ccc(-c2cc(-c3ccccc3)nc3sc(C(=O)N4CCC[C@H]4C(=O)O)c(N)c23)cc1. The Hall–Kier alpha value is -3.91. The number of pyridine rings is 1. The molecule has 1 saturated heterocycles. The predicted octanol–water partition coefficient (Wildman–Crippen LogP) is 4.91. The lowest BCUT2D eigenvalue weighted by atomic mass is 9.99. The summed E-state index contributed by atoms with van der Waals surface area (Å²) in [5.74, 6) is -0.610. The van der Waals surface area contributed by atoms with E-state index in [1.54, 1.807) is 7.11 Å². The van der Waals surface area contributed by atoms with Gasteiger partial charge in [-0.15, -0.1) is 11.3 Å². The fourth-order valence-corrected chi connectivity index (χ4v) is 5.51. The monoisotopic (exact) mass is 473 g/mol. The maximum absolute atomic E-state index is 13.4. The fourth-order valence-electron chi connectivity index (χ4n) is 4.43. The number of carbonyl (C=O) groups is 2. The van der Waals surface area contributed by atoms with E-state index in [1.165, 1.54) is 16.2 Å². The molecule has 0 aliphatic carbocycles. The first-order chi connectivity index (χ1) is 16.5. The van der Waals surface area contributed by atoms with Crippen molar-refractivity contribution in [3.63, 3.8) is 0 Å². The van der Waals surface area contributed by atoms with Crippen LogP contribution >= 0.6 is 11.3 Å². The predicted molar refractivity (Wildman–Crippen MR) is 133 cm³/mol. The standard InChI is InChI=1S/C26H23N3O4S/c1-33-17-11-9-15(10-12-17)18-14-19(16-6-3-2-4-7-16)28-24-21(18)22(27)23(34-24)25(30)29-13-5-8-20(29)26(31)32/h2-4,6-7,9-12,14,20H,5,8,13,27H2,1H3,(H,31,32)/t20-/m0/s1. The van der Waals surface area contributed by atoms with Gasteiger partial charge in [0.2, 0.25) is 0 Å². The first kappa shape index (κ1) is 21.9. The van der Waals surface area contributed by atoms with Gasteiger partial charge in [-0.2, -0.15) is 0 Å². The highest BCUT2D eigenvalue weighted by atomic mass is 32.1. The highest BCUT2D eigenvalue weighted by Crippen LogP contribution is 2.42. The van der Waals surface area contributed by atoms with Crippen molar-refractivity contribution in [2.45, 2.75) is 18.9 Å². The minimum absolute atomic E-state index is 0.329. The summed E-state index contributed by atoms with van der Waals surface area (Å²) in [6.07, 6.45) is 1.10. The number of nitrogen functional groups attached to an aromatic ring is 1. The molecule has 1 amide bonds. The summed E-state index contributed by atoms with van der Waals surface area (Å²) in [4.78, 5) is 32.3. The molecular formula is C26H23N3O4S. The molecule has 34 heavy (non-hydrogen) atoms. The molecule has 0 radical (unpaired) electrons. The van der Waals surface area contributed by atoms with E-state index in [0.717, 1.165) is 28.1 Å². The molecule has 1 atom stereocenters. The van der Waals surface area contributed by atoms with E-state index in [9.17, 15) is 14.7 Å². The molecule has 5 rings (SSSR count). The van der Waals surface area contributed by atoms with Gasteiger partial charge < -0.3 is 20.5 Å². The van der Waals surface area contributed by atoms with Gasteiger partial charge in [-0.25, -0.2) is 9.78 Å². The normalized spacial score (nSPS) is 15.6. The van der Waals surface area contributed by atoms with Crippen LogP contribution in [0.25, 0.3) is 32.6 Å². The number of carboxylic acids is 1. The van der Waals surface area contributed by atoms with Crippen LogP contribution in [0, 0.1) is 0 Å². The van der Waals surface area contributed by atoms with Crippen LogP contribution in [0.2, 0.25) is 0 Å². The first-order valence-corrected chi connectivity index (χ1v) is 11.8. The zero-order chi connectivity index (χ0) is 23.8. The van der Waals surface area contributed by atoms with Gasteiger partial charge in [-0.3, -0.25) is 4.79 Å². The zero-order valence-electron chi connectivity index (χ0n) is 18.5. The topological polar surface area (TPSA) is 106 Å². The smallest absolute Gasteiger partial charge is 0.326 e. The van der Waals surface area contributed by atoms with Crippen LogP contribution in [-0.2, 0) is 4.79 Å². The van der Waals surface area contributed by atoms with Crippen molar-refractivity contribution in [1.82, 2.24) is 9.88 Å². The molecule has 1 aliphatic rings. The number of ether oxygens (including phenoxy) is 1. The quantitative estimate of drug-likeness (QED) is 0.427. The molecule has 1 aliphatic heterocycles. The minimum Gasteiger partial charge on any atom is -0.497 e. The molecule has 1 fully saturated rings. The number of aromatic nitrogens is 1. The maximum atomic E-state index is 13.4. The van der Waals surface area contributed by atoms with Crippen molar-refractivity contribution in [2.24, 2.45) is 0 Å². The van der Waals surface area contributed by atoms with Gasteiger partial charge in [-0.05, 0) is 42.2 Å². The molecule has 0 unspecified atom stereocenters.